The summed E-state index contributed by atoms with van der Waals surface area (Å²) in [5, 5.41) is 3.44. The predicted octanol–water partition coefficient (Wildman–Crippen LogP) is 2.99. The van der Waals surface area contributed by atoms with Crippen LogP contribution in [0, 0.1) is 0 Å². The average Bonchev–Trinajstić information content (AvgIpc) is 2.35. The van der Waals surface area contributed by atoms with Crippen molar-refractivity contribution < 1.29 is 4.79 Å². The lowest BCUT2D eigenvalue weighted by Crippen LogP contribution is -2.25. The molecular weight excluding hydrogens is 212 g/mol. The van der Waals surface area contributed by atoms with Crippen LogP contribution in [0.15, 0.2) is 24.3 Å². The van der Waals surface area contributed by atoms with Crippen LogP contribution in [0.2, 0.25) is 0 Å². The summed E-state index contributed by atoms with van der Waals surface area (Å²) in [4.78, 5) is 13.6. The number of nitrogens with one attached hydrogen (secondary N) is 1. The van der Waals surface area contributed by atoms with Gasteiger partial charge in [-0.25, -0.2) is 0 Å². The van der Waals surface area contributed by atoms with E-state index in [1.54, 1.807) is 19.0 Å². The number of benzene rings is 1. The monoisotopic (exact) mass is 234 g/mol. The van der Waals surface area contributed by atoms with Crippen LogP contribution in [0.1, 0.15) is 37.0 Å². The Kier molecular flexibility index (Phi) is 5.01. The number of hydrogen-bond donors (Lipinski definition) is 1. The fourth-order valence-electron chi connectivity index (χ4n) is 1.75. The molecule has 94 valence electrons. The summed E-state index contributed by atoms with van der Waals surface area (Å²) in [6.07, 6.45) is 2.11. The standard InChI is InChI=1S/C14H22N2O/c1-5-11(6-2)15-13-10-8-7-9-12(13)14(17)16(3)4/h7-11,15H,5-6H2,1-4H3. The number of para-hydroxylation sites is 1. The molecule has 1 aromatic rings. The molecule has 0 bridgehead atoms. The van der Waals surface area contributed by atoms with Gasteiger partial charge in [-0.2, -0.15) is 0 Å². The quantitative estimate of drug-likeness (QED) is 0.849. The number of rotatable bonds is 5. The Morgan fingerprint density at radius 2 is 1.82 bits per heavy atom. The summed E-state index contributed by atoms with van der Waals surface area (Å²) in [6, 6.07) is 8.11. The molecule has 1 N–H and O–H groups in total. The zero-order valence-corrected chi connectivity index (χ0v) is 11.2. The van der Waals surface area contributed by atoms with E-state index in [4.69, 9.17) is 0 Å². The third-order valence-corrected chi connectivity index (χ3v) is 2.91. The molecule has 1 rings (SSSR count). The van der Waals surface area contributed by atoms with Crippen LogP contribution < -0.4 is 5.32 Å². The molecule has 0 aliphatic heterocycles. The molecular formula is C14H22N2O. The van der Waals surface area contributed by atoms with Gasteiger partial charge < -0.3 is 10.2 Å². The maximum atomic E-state index is 12.0. The molecule has 0 unspecified atom stereocenters. The SMILES string of the molecule is CCC(CC)Nc1ccccc1C(=O)N(C)C. The van der Waals surface area contributed by atoms with Gasteiger partial charge in [0.2, 0.25) is 0 Å². The van der Waals surface area contributed by atoms with E-state index in [1.165, 1.54) is 0 Å². The highest BCUT2D eigenvalue weighted by Crippen LogP contribution is 2.19. The minimum atomic E-state index is 0.0408. The number of carbonyl (C=O) groups is 1. The van der Waals surface area contributed by atoms with Crippen molar-refractivity contribution in [2.24, 2.45) is 0 Å². The molecule has 0 heterocycles. The van der Waals surface area contributed by atoms with Crippen molar-refractivity contribution in [2.75, 3.05) is 19.4 Å². The van der Waals surface area contributed by atoms with Crippen LogP contribution in [0.3, 0.4) is 0 Å². The van der Waals surface area contributed by atoms with Gasteiger partial charge in [-0.1, -0.05) is 26.0 Å². The molecule has 0 aromatic heterocycles. The molecule has 0 aliphatic carbocycles. The molecule has 1 amide bonds. The highest BCUT2D eigenvalue weighted by Gasteiger charge is 2.14. The Labute approximate surface area is 104 Å². The van der Waals surface area contributed by atoms with Crippen molar-refractivity contribution >= 4 is 11.6 Å². The molecule has 0 aliphatic rings. The summed E-state index contributed by atoms with van der Waals surface area (Å²) in [7, 11) is 3.55. The maximum absolute atomic E-state index is 12.0. The fourth-order valence-corrected chi connectivity index (χ4v) is 1.75. The maximum Gasteiger partial charge on any atom is 0.255 e. The highest BCUT2D eigenvalue weighted by atomic mass is 16.2. The summed E-state index contributed by atoms with van der Waals surface area (Å²) in [5.74, 6) is 0.0408. The zero-order chi connectivity index (χ0) is 12.8. The molecule has 3 nitrogen and oxygen atoms in total. The predicted molar refractivity (Wildman–Crippen MR) is 72.5 cm³/mol. The third-order valence-electron chi connectivity index (χ3n) is 2.91. The van der Waals surface area contributed by atoms with Gasteiger partial charge in [0.25, 0.3) is 5.91 Å². The lowest BCUT2D eigenvalue weighted by molar-refractivity contribution is 0.0828. The molecule has 0 atom stereocenters. The molecule has 1 aromatic carbocycles. The minimum absolute atomic E-state index is 0.0408. The van der Waals surface area contributed by atoms with Crippen molar-refractivity contribution in [3.05, 3.63) is 29.8 Å². The second kappa shape index (κ2) is 6.28. The highest BCUT2D eigenvalue weighted by molar-refractivity contribution is 5.99. The Morgan fingerprint density at radius 3 is 2.35 bits per heavy atom. The molecule has 0 spiro atoms. The van der Waals surface area contributed by atoms with Gasteiger partial charge in [-0.3, -0.25) is 4.79 Å². The molecule has 0 saturated heterocycles. The number of amides is 1. The second-order valence-corrected chi connectivity index (χ2v) is 4.40. The summed E-state index contributed by atoms with van der Waals surface area (Å²) in [6.45, 7) is 4.30. The van der Waals surface area contributed by atoms with E-state index in [2.05, 4.69) is 19.2 Å². The van der Waals surface area contributed by atoms with Crippen molar-refractivity contribution in [3.63, 3.8) is 0 Å². The third kappa shape index (κ3) is 3.48. The Hall–Kier alpha value is -1.51. The smallest absolute Gasteiger partial charge is 0.255 e. The Morgan fingerprint density at radius 1 is 1.24 bits per heavy atom. The van der Waals surface area contributed by atoms with Gasteiger partial charge >= 0.3 is 0 Å². The zero-order valence-electron chi connectivity index (χ0n) is 11.2. The fraction of sp³-hybridized carbons (Fsp3) is 0.500. The van der Waals surface area contributed by atoms with E-state index in [9.17, 15) is 4.79 Å². The van der Waals surface area contributed by atoms with E-state index in [0.29, 0.717) is 6.04 Å². The van der Waals surface area contributed by atoms with Crippen molar-refractivity contribution in [2.45, 2.75) is 32.7 Å². The minimum Gasteiger partial charge on any atom is -0.382 e. The molecule has 0 radical (unpaired) electrons. The van der Waals surface area contributed by atoms with E-state index in [1.807, 2.05) is 24.3 Å². The van der Waals surface area contributed by atoms with Gasteiger partial charge in [0.15, 0.2) is 0 Å². The largest absolute Gasteiger partial charge is 0.382 e. The van der Waals surface area contributed by atoms with Gasteiger partial charge in [-0.15, -0.1) is 0 Å². The lowest BCUT2D eigenvalue weighted by atomic mass is 10.1. The van der Waals surface area contributed by atoms with Crippen LogP contribution in [-0.4, -0.2) is 30.9 Å². The van der Waals surface area contributed by atoms with Gasteiger partial charge in [0.05, 0.1) is 5.56 Å². The van der Waals surface area contributed by atoms with Crippen molar-refractivity contribution in [1.29, 1.82) is 0 Å². The van der Waals surface area contributed by atoms with Gasteiger partial charge in [-0.05, 0) is 25.0 Å². The first kappa shape index (κ1) is 13.6. The van der Waals surface area contributed by atoms with Gasteiger partial charge in [0, 0.05) is 25.8 Å². The Bertz CT molecular complexity index is 370. The van der Waals surface area contributed by atoms with Crippen LogP contribution in [0.5, 0.6) is 0 Å². The molecule has 0 saturated carbocycles. The topological polar surface area (TPSA) is 32.3 Å². The number of anilines is 1. The molecule has 0 fully saturated rings. The Balaban J connectivity index is 2.95. The van der Waals surface area contributed by atoms with Crippen LogP contribution in [0.4, 0.5) is 5.69 Å². The van der Waals surface area contributed by atoms with Crippen molar-refractivity contribution in [1.82, 2.24) is 4.90 Å². The summed E-state index contributed by atoms with van der Waals surface area (Å²) >= 11 is 0. The summed E-state index contributed by atoms with van der Waals surface area (Å²) < 4.78 is 0. The number of nitrogens with zero attached hydrogens (tertiary/aromatic N) is 1. The normalized spacial score (nSPS) is 10.4. The van der Waals surface area contributed by atoms with E-state index in [-0.39, 0.29) is 5.91 Å². The van der Waals surface area contributed by atoms with Crippen LogP contribution in [-0.2, 0) is 0 Å². The number of hydrogen-bond acceptors (Lipinski definition) is 2. The molecule has 3 heteroatoms. The first-order chi connectivity index (χ1) is 8.10. The van der Waals surface area contributed by atoms with E-state index >= 15 is 0 Å². The average molecular weight is 234 g/mol. The lowest BCUT2D eigenvalue weighted by Gasteiger charge is -2.20. The van der Waals surface area contributed by atoms with Crippen LogP contribution >= 0.6 is 0 Å². The van der Waals surface area contributed by atoms with Crippen LogP contribution in [0.25, 0.3) is 0 Å². The van der Waals surface area contributed by atoms with Gasteiger partial charge in [0.1, 0.15) is 0 Å². The van der Waals surface area contributed by atoms with E-state index < -0.39 is 0 Å². The van der Waals surface area contributed by atoms with E-state index in [0.717, 1.165) is 24.1 Å². The first-order valence-corrected chi connectivity index (χ1v) is 6.17. The first-order valence-electron chi connectivity index (χ1n) is 6.17. The summed E-state index contributed by atoms with van der Waals surface area (Å²) in [5.41, 5.74) is 1.67. The second-order valence-electron chi connectivity index (χ2n) is 4.40. The molecule has 17 heavy (non-hydrogen) atoms. The number of carbonyl (C=O) groups excluding carboxylic acids is 1. The van der Waals surface area contributed by atoms with Crippen molar-refractivity contribution in [3.8, 4) is 0 Å².